The maximum Gasteiger partial charge on any atom is 0.255 e. The van der Waals surface area contributed by atoms with Crippen molar-refractivity contribution in [1.29, 1.82) is 0 Å². The molecule has 1 N–H and O–H groups in total. The van der Waals surface area contributed by atoms with Gasteiger partial charge < -0.3 is 14.6 Å². The van der Waals surface area contributed by atoms with Crippen LogP contribution in [-0.4, -0.2) is 33.0 Å². The molecule has 0 bridgehead atoms. The van der Waals surface area contributed by atoms with Crippen LogP contribution in [0.25, 0.3) is 11.5 Å². The smallest absolute Gasteiger partial charge is 0.255 e. The van der Waals surface area contributed by atoms with Gasteiger partial charge in [-0.25, -0.2) is 0 Å². The second kappa shape index (κ2) is 9.72. The number of nitrogens with one attached hydrogen (secondary N) is 1. The first kappa shape index (κ1) is 22.8. The van der Waals surface area contributed by atoms with E-state index in [0.717, 1.165) is 24.0 Å². The summed E-state index contributed by atoms with van der Waals surface area (Å²) >= 11 is 5.95. The SMILES string of the molecule is Cc1ccc(C(=O)N(Cc2nnc(-c3ccc(Cl)cc3)o2)C2CC2)cc1NC(=O)c1ccccc1. The summed E-state index contributed by atoms with van der Waals surface area (Å²) in [5.41, 5.74) is 3.27. The van der Waals surface area contributed by atoms with Crippen molar-refractivity contribution in [3.63, 3.8) is 0 Å². The van der Waals surface area contributed by atoms with Gasteiger partial charge in [-0.15, -0.1) is 10.2 Å². The largest absolute Gasteiger partial charge is 0.419 e. The molecule has 8 heteroatoms. The maximum atomic E-state index is 13.5. The average Bonchev–Trinajstić information content (AvgIpc) is 3.62. The lowest BCUT2D eigenvalue weighted by molar-refractivity contribution is 0.0714. The van der Waals surface area contributed by atoms with Gasteiger partial charge >= 0.3 is 0 Å². The predicted molar refractivity (Wildman–Crippen MR) is 133 cm³/mol. The lowest BCUT2D eigenvalue weighted by Gasteiger charge is -2.21. The molecule has 3 aromatic carbocycles. The van der Waals surface area contributed by atoms with Crippen LogP contribution in [0.5, 0.6) is 0 Å². The molecule has 0 radical (unpaired) electrons. The molecular weight excluding hydrogens is 464 g/mol. The van der Waals surface area contributed by atoms with E-state index in [1.54, 1.807) is 53.4 Å². The molecule has 4 aromatic rings. The number of aromatic nitrogens is 2. The van der Waals surface area contributed by atoms with Crippen LogP contribution in [0.4, 0.5) is 5.69 Å². The van der Waals surface area contributed by atoms with E-state index in [9.17, 15) is 9.59 Å². The van der Waals surface area contributed by atoms with E-state index in [1.807, 2.05) is 31.2 Å². The van der Waals surface area contributed by atoms with Crippen molar-refractivity contribution in [2.45, 2.75) is 32.4 Å². The Bertz CT molecular complexity index is 1360. The number of carbonyl (C=O) groups excluding carboxylic acids is 2. The normalized spacial score (nSPS) is 12.9. The minimum Gasteiger partial charge on any atom is -0.419 e. The van der Waals surface area contributed by atoms with Crippen LogP contribution in [0.15, 0.2) is 77.2 Å². The molecule has 7 nitrogen and oxygen atoms in total. The first-order valence-corrected chi connectivity index (χ1v) is 11.7. The van der Waals surface area contributed by atoms with Crippen molar-refractivity contribution in [3.05, 3.63) is 100 Å². The Morgan fingerprint density at radius 3 is 2.46 bits per heavy atom. The molecule has 1 heterocycles. The molecule has 5 rings (SSSR count). The minimum atomic E-state index is -0.224. The van der Waals surface area contributed by atoms with E-state index in [0.29, 0.717) is 33.6 Å². The molecular formula is C27H23ClN4O3. The maximum absolute atomic E-state index is 13.5. The van der Waals surface area contributed by atoms with E-state index in [1.165, 1.54) is 0 Å². The van der Waals surface area contributed by atoms with Crippen LogP contribution in [0.3, 0.4) is 0 Å². The zero-order chi connectivity index (χ0) is 24.4. The summed E-state index contributed by atoms with van der Waals surface area (Å²) < 4.78 is 5.83. The number of rotatable bonds is 7. The number of amides is 2. The number of nitrogens with zero attached hydrogens (tertiary/aromatic N) is 3. The van der Waals surface area contributed by atoms with E-state index in [-0.39, 0.29) is 24.4 Å². The molecule has 0 atom stereocenters. The van der Waals surface area contributed by atoms with Crippen molar-refractivity contribution >= 4 is 29.1 Å². The molecule has 1 saturated carbocycles. The van der Waals surface area contributed by atoms with Crippen LogP contribution in [0.1, 0.15) is 45.0 Å². The van der Waals surface area contributed by atoms with Crippen molar-refractivity contribution < 1.29 is 14.0 Å². The van der Waals surface area contributed by atoms with Crippen LogP contribution >= 0.6 is 11.6 Å². The lowest BCUT2D eigenvalue weighted by atomic mass is 10.1. The van der Waals surface area contributed by atoms with E-state index >= 15 is 0 Å². The van der Waals surface area contributed by atoms with Crippen molar-refractivity contribution in [3.8, 4) is 11.5 Å². The Morgan fingerprint density at radius 1 is 1.00 bits per heavy atom. The monoisotopic (exact) mass is 486 g/mol. The number of anilines is 1. The molecule has 1 aliphatic rings. The number of halogens is 1. The van der Waals surface area contributed by atoms with Gasteiger partial charge in [-0.2, -0.15) is 0 Å². The third-order valence-electron chi connectivity index (χ3n) is 5.88. The molecule has 35 heavy (non-hydrogen) atoms. The Labute approximate surface area is 207 Å². The van der Waals surface area contributed by atoms with Gasteiger partial charge in [0.1, 0.15) is 0 Å². The third kappa shape index (κ3) is 5.25. The molecule has 0 unspecified atom stereocenters. The molecule has 176 valence electrons. The fourth-order valence-electron chi connectivity index (χ4n) is 3.76. The number of benzene rings is 3. The second-order valence-electron chi connectivity index (χ2n) is 8.52. The fraction of sp³-hybridized carbons (Fsp3) is 0.185. The van der Waals surface area contributed by atoms with Crippen LogP contribution in [-0.2, 0) is 6.54 Å². The number of aryl methyl sites for hydroxylation is 1. The average molecular weight is 487 g/mol. The zero-order valence-corrected chi connectivity index (χ0v) is 19.8. The minimum absolute atomic E-state index is 0.122. The highest BCUT2D eigenvalue weighted by atomic mass is 35.5. The molecule has 0 spiro atoms. The van der Waals surface area contributed by atoms with Gasteiger partial charge in [0.2, 0.25) is 11.8 Å². The Hall–Kier alpha value is -3.97. The summed E-state index contributed by atoms with van der Waals surface area (Å²) in [5, 5.41) is 11.8. The molecule has 1 aliphatic carbocycles. The number of hydrogen-bond donors (Lipinski definition) is 1. The lowest BCUT2D eigenvalue weighted by Crippen LogP contribution is -2.32. The Balaban J connectivity index is 1.34. The van der Waals surface area contributed by atoms with Crippen LogP contribution in [0, 0.1) is 6.92 Å². The molecule has 1 aromatic heterocycles. The van der Waals surface area contributed by atoms with E-state index in [4.69, 9.17) is 16.0 Å². The number of hydrogen-bond acceptors (Lipinski definition) is 5. The topological polar surface area (TPSA) is 88.3 Å². The van der Waals surface area contributed by atoms with Gasteiger partial charge in [0.05, 0.1) is 6.54 Å². The van der Waals surface area contributed by atoms with E-state index < -0.39 is 0 Å². The summed E-state index contributed by atoms with van der Waals surface area (Å²) in [6.07, 6.45) is 1.85. The third-order valence-corrected chi connectivity index (χ3v) is 6.13. The second-order valence-corrected chi connectivity index (χ2v) is 8.96. The van der Waals surface area contributed by atoms with Crippen LogP contribution in [0.2, 0.25) is 5.02 Å². The standard InChI is InChI=1S/C27H23ClN4O3/c1-17-7-8-20(15-23(17)29-25(33)18-5-3-2-4-6-18)27(34)32(22-13-14-22)16-24-30-31-26(35-24)19-9-11-21(28)12-10-19/h2-12,15,22H,13-14,16H2,1H3,(H,29,33). The first-order valence-electron chi connectivity index (χ1n) is 11.3. The quantitative estimate of drug-likeness (QED) is 0.359. The highest BCUT2D eigenvalue weighted by Gasteiger charge is 2.34. The predicted octanol–water partition coefficient (Wildman–Crippen LogP) is 5.76. The van der Waals surface area contributed by atoms with Gasteiger partial charge in [-0.1, -0.05) is 35.9 Å². The Morgan fingerprint density at radius 2 is 1.74 bits per heavy atom. The van der Waals surface area contributed by atoms with Crippen molar-refractivity contribution in [1.82, 2.24) is 15.1 Å². The zero-order valence-electron chi connectivity index (χ0n) is 19.1. The van der Waals surface area contributed by atoms with Gasteiger partial charge in [0, 0.05) is 33.4 Å². The fourth-order valence-corrected chi connectivity index (χ4v) is 3.89. The number of carbonyl (C=O) groups is 2. The highest BCUT2D eigenvalue weighted by molar-refractivity contribution is 6.30. The van der Waals surface area contributed by atoms with Crippen molar-refractivity contribution in [2.24, 2.45) is 0 Å². The van der Waals surface area contributed by atoms with Gasteiger partial charge in [0.15, 0.2) is 0 Å². The van der Waals surface area contributed by atoms with Gasteiger partial charge in [-0.3, -0.25) is 9.59 Å². The van der Waals surface area contributed by atoms with Gasteiger partial charge in [0.25, 0.3) is 11.8 Å². The summed E-state index contributed by atoms with van der Waals surface area (Å²) in [4.78, 5) is 27.9. The van der Waals surface area contributed by atoms with E-state index in [2.05, 4.69) is 15.5 Å². The summed E-state index contributed by atoms with van der Waals surface area (Å²) in [6, 6.07) is 21.6. The summed E-state index contributed by atoms with van der Waals surface area (Å²) in [7, 11) is 0. The molecule has 2 amide bonds. The molecule has 0 aliphatic heterocycles. The van der Waals surface area contributed by atoms with Gasteiger partial charge in [-0.05, 0) is 73.9 Å². The molecule has 1 fully saturated rings. The Kier molecular flexibility index (Phi) is 6.33. The first-order chi connectivity index (χ1) is 17.0. The summed E-state index contributed by atoms with van der Waals surface area (Å²) in [5.74, 6) is 0.368. The van der Waals surface area contributed by atoms with Crippen molar-refractivity contribution in [2.75, 3.05) is 5.32 Å². The molecule has 0 saturated heterocycles. The van der Waals surface area contributed by atoms with Crippen LogP contribution < -0.4 is 5.32 Å². The summed E-state index contributed by atoms with van der Waals surface area (Å²) in [6.45, 7) is 2.11. The highest BCUT2D eigenvalue weighted by Crippen LogP contribution is 2.31.